The molecule has 1 fully saturated rings. The molecule has 2 atom stereocenters. The Hall–Kier alpha value is -5.91. The van der Waals surface area contributed by atoms with Crippen molar-refractivity contribution in [3.05, 3.63) is 190 Å². The van der Waals surface area contributed by atoms with Crippen LogP contribution in [-0.2, 0) is 21.7 Å². The van der Waals surface area contributed by atoms with E-state index in [-0.39, 0.29) is 39.2 Å². The topological polar surface area (TPSA) is 9.72 Å². The Labute approximate surface area is 454 Å². The van der Waals surface area contributed by atoms with Gasteiger partial charge >= 0.3 is 0 Å². The highest BCUT2D eigenvalue weighted by molar-refractivity contribution is 8.06. The molecule has 0 spiro atoms. The lowest BCUT2D eigenvalue weighted by Gasteiger charge is -2.52. The molecule has 3 heterocycles. The van der Waals surface area contributed by atoms with Crippen molar-refractivity contribution >= 4 is 74.9 Å². The van der Waals surface area contributed by atoms with Crippen molar-refractivity contribution in [3.63, 3.8) is 0 Å². The molecule has 0 saturated heterocycles. The number of hydrogen-bond acceptors (Lipinski definition) is 4. The van der Waals surface area contributed by atoms with Gasteiger partial charge < -0.3 is 14.7 Å². The van der Waals surface area contributed by atoms with E-state index in [1.807, 2.05) is 0 Å². The molecule has 0 radical (unpaired) electrons. The molecular weight excluding hydrogens is 926 g/mol. The molecule has 5 heteroatoms. The van der Waals surface area contributed by atoms with Gasteiger partial charge in [0.1, 0.15) is 0 Å². The highest BCUT2D eigenvalue weighted by atomic mass is 32.2. The Balaban J connectivity index is 1.27. The molecule has 0 N–H and O–H groups in total. The van der Waals surface area contributed by atoms with E-state index in [9.17, 15) is 0 Å². The molecule has 3 aliphatic heterocycles. The Kier molecular flexibility index (Phi) is 11.5. The Bertz CT molecular complexity index is 3350. The van der Waals surface area contributed by atoms with Crippen LogP contribution in [0.5, 0.6) is 0 Å². The van der Waals surface area contributed by atoms with Crippen LogP contribution >= 0.6 is 11.8 Å². The van der Waals surface area contributed by atoms with Crippen LogP contribution in [0.25, 0.3) is 11.1 Å². The summed E-state index contributed by atoms with van der Waals surface area (Å²) in [6.45, 7) is 34.5. The lowest BCUT2D eigenvalue weighted by Crippen LogP contribution is -2.57. The van der Waals surface area contributed by atoms with Gasteiger partial charge in [-0.2, -0.15) is 0 Å². The molecule has 2 unspecified atom stereocenters. The van der Waals surface area contributed by atoms with E-state index in [0.29, 0.717) is 11.2 Å². The van der Waals surface area contributed by atoms with Gasteiger partial charge in [0, 0.05) is 56.6 Å². The average Bonchev–Trinajstić information content (AvgIpc) is 3.89. The van der Waals surface area contributed by atoms with Gasteiger partial charge in [-0.25, -0.2) is 0 Å². The molecule has 3 nitrogen and oxygen atoms in total. The van der Waals surface area contributed by atoms with Crippen molar-refractivity contribution in [1.29, 1.82) is 0 Å². The van der Waals surface area contributed by atoms with Crippen LogP contribution in [0.2, 0.25) is 0 Å². The molecule has 12 rings (SSSR count). The number of fused-ring (bicyclic) bond motifs is 7. The van der Waals surface area contributed by atoms with Crippen molar-refractivity contribution in [3.8, 4) is 11.1 Å². The Morgan fingerprint density at radius 2 is 1.07 bits per heavy atom. The van der Waals surface area contributed by atoms with Crippen LogP contribution in [0.3, 0.4) is 0 Å². The zero-order valence-corrected chi connectivity index (χ0v) is 48.1. The fourth-order valence-electron chi connectivity index (χ4n) is 13.9. The van der Waals surface area contributed by atoms with Crippen LogP contribution in [-0.4, -0.2) is 12.0 Å². The van der Waals surface area contributed by atoms with Crippen molar-refractivity contribution in [1.82, 2.24) is 0 Å². The minimum Gasteiger partial charge on any atom is -0.314 e. The highest BCUT2D eigenvalue weighted by Crippen LogP contribution is 2.67. The summed E-state index contributed by atoms with van der Waals surface area (Å²) in [5.74, 6) is 0.311. The smallest absolute Gasteiger partial charge is 0.259 e. The van der Waals surface area contributed by atoms with Crippen molar-refractivity contribution in [2.45, 2.75) is 150 Å². The normalized spacial score (nSPS) is 20.7. The number of benzene rings is 7. The quantitative estimate of drug-likeness (QED) is 0.154. The second-order valence-corrected chi connectivity index (χ2v) is 28.8. The van der Waals surface area contributed by atoms with Gasteiger partial charge in [-0.3, -0.25) is 0 Å². The summed E-state index contributed by atoms with van der Waals surface area (Å²) in [4.78, 5) is 9.66. The first-order valence-electron chi connectivity index (χ1n) is 28.0. The fourth-order valence-corrected chi connectivity index (χ4v) is 16.0. The minimum absolute atomic E-state index is 0.0139. The van der Waals surface area contributed by atoms with Crippen LogP contribution in [0.15, 0.2) is 168 Å². The van der Waals surface area contributed by atoms with Crippen molar-refractivity contribution < 1.29 is 0 Å². The summed E-state index contributed by atoms with van der Waals surface area (Å²) in [6, 6.07) is 60.9. The standard InChI is InChI=1S/C70H78BN3S/c1-65(2,3)46-30-33-50(34-31-46)73-56-43-51(72(48-26-20-16-21-27-48)49-28-22-17-23-29-49)44-57-60(56)71(54-36-35-53-58(61(54)73)68(9,10)39-38-67(53,7)8)64-62(59-63(75-64)70(13,14)41-40-69(59,11)12)74(57)55-37-32-47(66(4,5)6)42-52(55)45-24-18-15-19-25-45/h15-37,42-44,59,63H,38-41H2,1-14H3. The fraction of sp³-hybridized carbons (Fsp3) is 0.371. The van der Waals surface area contributed by atoms with Gasteiger partial charge in [0.25, 0.3) is 6.71 Å². The maximum absolute atomic E-state index is 2.84. The lowest BCUT2D eigenvalue weighted by molar-refractivity contribution is 0.0881. The molecule has 1 saturated carbocycles. The van der Waals surface area contributed by atoms with E-state index in [4.69, 9.17) is 0 Å². The number of anilines is 8. The van der Waals surface area contributed by atoms with E-state index in [1.54, 1.807) is 4.80 Å². The molecule has 7 aromatic carbocycles. The van der Waals surface area contributed by atoms with E-state index in [0.717, 1.165) is 29.9 Å². The summed E-state index contributed by atoms with van der Waals surface area (Å²) in [7, 11) is 0. The lowest BCUT2D eigenvalue weighted by atomic mass is 9.35. The Morgan fingerprint density at radius 1 is 0.520 bits per heavy atom. The molecule has 0 bridgehead atoms. The third-order valence-electron chi connectivity index (χ3n) is 18.5. The van der Waals surface area contributed by atoms with E-state index >= 15 is 0 Å². The second kappa shape index (κ2) is 17.3. The molecule has 75 heavy (non-hydrogen) atoms. The summed E-state index contributed by atoms with van der Waals surface area (Å²) in [5.41, 5.74) is 22.6. The zero-order valence-electron chi connectivity index (χ0n) is 47.3. The minimum atomic E-state index is -0.0596. The molecule has 382 valence electrons. The number of para-hydroxylation sites is 2. The van der Waals surface area contributed by atoms with Gasteiger partial charge in [-0.05, 0) is 162 Å². The predicted octanol–water partition coefficient (Wildman–Crippen LogP) is 18.6. The summed E-state index contributed by atoms with van der Waals surface area (Å²) in [5, 5.41) is 0.407. The second-order valence-electron chi connectivity index (χ2n) is 27.6. The van der Waals surface area contributed by atoms with Gasteiger partial charge in [0.05, 0.1) is 11.4 Å². The van der Waals surface area contributed by atoms with Gasteiger partial charge in [0.15, 0.2) is 0 Å². The number of thioether (sulfide) groups is 1. The first-order chi connectivity index (χ1) is 35.5. The Morgan fingerprint density at radius 3 is 1.67 bits per heavy atom. The van der Waals surface area contributed by atoms with E-state index < -0.39 is 0 Å². The third kappa shape index (κ3) is 8.06. The average molecular weight is 1000 g/mol. The monoisotopic (exact) mass is 1000 g/mol. The zero-order chi connectivity index (χ0) is 52.8. The predicted molar refractivity (Wildman–Crippen MR) is 326 cm³/mol. The summed E-state index contributed by atoms with van der Waals surface area (Å²) < 4.78 is 0. The first kappa shape index (κ1) is 49.9. The number of allylic oxidation sites excluding steroid dienone is 1. The van der Waals surface area contributed by atoms with Gasteiger partial charge in [-0.1, -0.05) is 194 Å². The summed E-state index contributed by atoms with van der Waals surface area (Å²) in [6.07, 6.45) is 4.70. The van der Waals surface area contributed by atoms with Crippen LogP contribution in [0, 0.1) is 16.7 Å². The number of rotatable bonds is 6. The maximum Gasteiger partial charge on any atom is 0.259 e. The molecule has 0 amide bonds. The maximum atomic E-state index is 2.84. The summed E-state index contributed by atoms with van der Waals surface area (Å²) >= 11 is 2.25. The SMILES string of the molecule is CC(C)(C)c1ccc(N2c3cc(N(c4ccccc4)c4ccccc4)cc4c3B(C3=C(C5C(S3)C(C)(C)CCC5(C)C)N4c3ccc(C(C)(C)C)cc3-c3ccccc3)c3ccc4c(c32)C(C)(C)CCC4(C)C)cc1. The van der Waals surface area contributed by atoms with E-state index in [2.05, 4.69) is 281 Å². The van der Waals surface area contributed by atoms with Gasteiger partial charge in [-0.15, -0.1) is 11.8 Å². The first-order valence-corrected chi connectivity index (χ1v) is 28.9. The third-order valence-corrected chi connectivity index (χ3v) is 20.4. The molecule has 2 aliphatic carbocycles. The molecule has 5 aliphatic rings. The van der Waals surface area contributed by atoms with Gasteiger partial charge in [0.2, 0.25) is 0 Å². The molecule has 0 aromatic heterocycles. The highest BCUT2D eigenvalue weighted by Gasteiger charge is 2.60. The number of hydrogen-bond donors (Lipinski definition) is 0. The van der Waals surface area contributed by atoms with Crippen molar-refractivity contribution in [2.24, 2.45) is 16.7 Å². The largest absolute Gasteiger partial charge is 0.314 e. The van der Waals surface area contributed by atoms with Crippen LogP contribution < -0.4 is 25.6 Å². The molecular formula is C70H78BN3S. The van der Waals surface area contributed by atoms with Crippen LogP contribution in [0.4, 0.5) is 45.5 Å². The van der Waals surface area contributed by atoms with E-state index in [1.165, 1.54) is 91.3 Å². The number of nitrogens with zero attached hydrogens (tertiary/aromatic N) is 3. The van der Waals surface area contributed by atoms with Crippen LogP contribution in [0.1, 0.15) is 145 Å². The molecule has 7 aromatic rings. The van der Waals surface area contributed by atoms with Crippen molar-refractivity contribution in [2.75, 3.05) is 14.7 Å².